The summed E-state index contributed by atoms with van der Waals surface area (Å²) < 4.78 is 2.24. The molecule has 0 saturated heterocycles. The molecule has 2 nitrogen and oxygen atoms in total. The van der Waals surface area contributed by atoms with Crippen LogP contribution < -0.4 is 5.43 Å². The van der Waals surface area contributed by atoms with Crippen LogP contribution in [0.5, 0.6) is 0 Å². The molecule has 0 aliphatic heterocycles. The van der Waals surface area contributed by atoms with Gasteiger partial charge >= 0.3 is 0 Å². The zero-order valence-corrected chi connectivity index (χ0v) is 10.4. The molecule has 0 N–H and O–H groups in total. The van der Waals surface area contributed by atoms with Crippen LogP contribution in [0, 0.1) is 0 Å². The molecule has 3 aromatic rings. The molecule has 0 spiro atoms. The molecule has 0 amide bonds. The Hall–Kier alpha value is -2.09. The van der Waals surface area contributed by atoms with Gasteiger partial charge in [0, 0.05) is 17.3 Å². The topological polar surface area (TPSA) is 22.0 Å². The second kappa shape index (κ2) is 4.30. The van der Waals surface area contributed by atoms with Crippen molar-refractivity contribution < 1.29 is 0 Å². The van der Waals surface area contributed by atoms with Crippen LogP contribution in [0.1, 0.15) is 13.3 Å². The number of hydrogen-bond donors (Lipinski definition) is 0. The third-order valence-corrected chi connectivity index (χ3v) is 3.33. The van der Waals surface area contributed by atoms with Crippen LogP contribution in [0.15, 0.2) is 53.3 Å². The Morgan fingerprint density at radius 2 is 1.39 bits per heavy atom. The molecule has 0 radical (unpaired) electrons. The van der Waals surface area contributed by atoms with E-state index in [2.05, 4.69) is 11.5 Å². The third-order valence-electron chi connectivity index (χ3n) is 3.33. The molecule has 2 heteroatoms. The normalized spacial score (nSPS) is 11.2. The summed E-state index contributed by atoms with van der Waals surface area (Å²) >= 11 is 0. The lowest BCUT2D eigenvalue weighted by Crippen LogP contribution is -2.11. The van der Waals surface area contributed by atoms with Gasteiger partial charge in [-0.3, -0.25) is 4.79 Å². The van der Waals surface area contributed by atoms with Crippen molar-refractivity contribution in [3.8, 4) is 0 Å². The molecule has 0 saturated carbocycles. The predicted molar refractivity (Wildman–Crippen MR) is 76.0 cm³/mol. The lowest BCUT2D eigenvalue weighted by atomic mass is 10.1. The van der Waals surface area contributed by atoms with E-state index in [1.807, 2.05) is 48.5 Å². The number of hydrogen-bond acceptors (Lipinski definition) is 1. The van der Waals surface area contributed by atoms with E-state index in [1.165, 1.54) is 0 Å². The number of pyridine rings is 1. The molecule has 2 aromatic carbocycles. The SMILES string of the molecule is CCCn1c2ccccc2c(=O)c2ccccc21. The zero-order valence-electron chi connectivity index (χ0n) is 10.4. The molecule has 1 aromatic heterocycles. The molecule has 3 rings (SSSR count). The molecule has 0 atom stereocenters. The smallest absolute Gasteiger partial charge is 0.197 e. The number of nitrogens with zero attached hydrogens (tertiary/aromatic N) is 1. The van der Waals surface area contributed by atoms with Gasteiger partial charge in [-0.15, -0.1) is 0 Å². The fourth-order valence-corrected chi connectivity index (χ4v) is 2.54. The number of rotatable bonds is 2. The first-order chi connectivity index (χ1) is 8.83. The van der Waals surface area contributed by atoms with E-state index in [1.54, 1.807) is 0 Å². The standard InChI is InChI=1S/C16H15NO/c1-2-11-17-14-9-5-3-7-12(14)16(18)13-8-4-6-10-15(13)17/h3-10H,2,11H2,1H3. The third kappa shape index (κ3) is 1.53. The van der Waals surface area contributed by atoms with Crippen LogP contribution in [0.2, 0.25) is 0 Å². The van der Waals surface area contributed by atoms with Gasteiger partial charge in [0.2, 0.25) is 0 Å². The van der Waals surface area contributed by atoms with Crippen LogP contribution in [-0.2, 0) is 6.54 Å². The minimum Gasteiger partial charge on any atom is -0.340 e. The summed E-state index contributed by atoms with van der Waals surface area (Å²) in [5.74, 6) is 0. The van der Waals surface area contributed by atoms with E-state index < -0.39 is 0 Å². The number of fused-ring (bicyclic) bond motifs is 2. The lowest BCUT2D eigenvalue weighted by molar-refractivity contribution is 0.720. The molecule has 0 unspecified atom stereocenters. The number of aryl methyl sites for hydroxylation is 1. The van der Waals surface area contributed by atoms with Gasteiger partial charge in [-0.25, -0.2) is 0 Å². The zero-order chi connectivity index (χ0) is 12.5. The van der Waals surface area contributed by atoms with Crippen molar-refractivity contribution in [2.45, 2.75) is 19.9 Å². The number of aromatic nitrogens is 1. The minimum atomic E-state index is 0.133. The summed E-state index contributed by atoms with van der Waals surface area (Å²) in [6.07, 6.45) is 1.05. The van der Waals surface area contributed by atoms with Crippen LogP contribution in [-0.4, -0.2) is 4.57 Å². The van der Waals surface area contributed by atoms with E-state index in [4.69, 9.17) is 0 Å². The Morgan fingerprint density at radius 3 is 1.89 bits per heavy atom. The van der Waals surface area contributed by atoms with E-state index in [0.717, 1.165) is 34.8 Å². The predicted octanol–water partition coefficient (Wildman–Crippen LogP) is 3.56. The summed E-state index contributed by atoms with van der Waals surface area (Å²) in [5.41, 5.74) is 2.19. The average molecular weight is 237 g/mol. The van der Waals surface area contributed by atoms with Crippen LogP contribution in [0.3, 0.4) is 0 Å². The van der Waals surface area contributed by atoms with Crippen molar-refractivity contribution in [1.82, 2.24) is 4.57 Å². The highest BCUT2D eigenvalue weighted by Gasteiger charge is 2.08. The fourth-order valence-electron chi connectivity index (χ4n) is 2.54. The summed E-state index contributed by atoms with van der Waals surface area (Å²) in [6.45, 7) is 3.09. The van der Waals surface area contributed by atoms with Crippen LogP contribution >= 0.6 is 0 Å². The highest BCUT2D eigenvalue weighted by molar-refractivity contribution is 5.93. The molecule has 90 valence electrons. The molecule has 0 aliphatic rings. The van der Waals surface area contributed by atoms with Crippen molar-refractivity contribution >= 4 is 21.8 Å². The Bertz CT molecular complexity index is 711. The quantitative estimate of drug-likeness (QED) is 0.624. The summed E-state index contributed by atoms with van der Waals surface area (Å²) in [7, 11) is 0. The Balaban J connectivity index is 2.58. The van der Waals surface area contributed by atoms with Gasteiger partial charge in [-0.2, -0.15) is 0 Å². The average Bonchev–Trinajstić information content (AvgIpc) is 2.43. The maximum absolute atomic E-state index is 12.4. The number of para-hydroxylation sites is 2. The first-order valence-electron chi connectivity index (χ1n) is 6.33. The highest BCUT2D eigenvalue weighted by atomic mass is 16.1. The summed E-state index contributed by atoms with van der Waals surface area (Å²) in [5, 5.41) is 1.62. The van der Waals surface area contributed by atoms with Crippen LogP contribution in [0.25, 0.3) is 21.8 Å². The molecule has 1 heterocycles. The van der Waals surface area contributed by atoms with Crippen molar-refractivity contribution in [3.63, 3.8) is 0 Å². The Morgan fingerprint density at radius 1 is 0.889 bits per heavy atom. The van der Waals surface area contributed by atoms with Gasteiger partial charge in [-0.1, -0.05) is 31.2 Å². The van der Waals surface area contributed by atoms with Gasteiger partial charge in [0.15, 0.2) is 5.43 Å². The Kier molecular flexibility index (Phi) is 2.63. The minimum absolute atomic E-state index is 0.133. The molecule has 0 aliphatic carbocycles. The summed E-state index contributed by atoms with van der Waals surface area (Å²) in [4.78, 5) is 12.4. The van der Waals surface area contributed by atoms with E-state index in [0.29, 0.717) is 0 Å². The Labute approximate surface area is 105 Å². The van der Waals surface area contributed by atoms with Crippen molar-refractivity contribution in [3.05, 3.63) is 58.8 Å². The maximum Gasteiger partial charge on any atom is 0.197 e. The van der Waals surface area contributed by atoms with Gasteiger partial charge < -0.3 is 4.57 Å². The molecule has 0 fully saturated rings. The highest BCUT2D eigenvalue weighted by Crippen LogP contribution is 2.19. The largest absolute Gasteiger partial charge is 0.340 e. The van der Waals surface area contributed by atoms with Crippen molar-refractivity contribution in [1.29, 1.82) is 0 Å². The van der Waals surface area contributed by atoms with Gasteiger partial charge in [0.25, 0.3) is 0 Å². The van der Waals surface area contributed by atoms with Gasteiger partial charge in [0.1, 0.15) is 0 Å². The first-order valence-corrected chi connectivity index (χ1v) is 6.33. The van der Waals surface area contributed by atoms with E-state index in [-0.39, 0.29) is 5.43 Å². The van der Waals surface area contributed by atoms with E-state index >= 15 is 0 Å². The summed E-state index contributed by atoms with van der Waals surface area (Å²) in [6, 6.07) is 15.7. The van der Waals surface area contributed by atoms with E-state index in [9.17, 15) is 4.79 Å². The lowest BCUT2D eigenvalue weighted by Gasteiger charge is -2.13. The number of benzene rings is 2. The fraction of sp³-hybridized carbons (Fsp3) is 0.188. The maximum atomic E-state index is 12.4. The molecule has 0 bridgehead atoms. The van der Waals surface area contributed by atoms with Crippen molar-refractivity contribution in [2.75, 3.05) is 0 Å². The monoisotopic (exact) mass is 237 g/mol. The second-order valence-corrected chi connectivity index (χ2v) is 4.52. The first kappa shape index (κ1) is 11.0. The molecular formula is C16H15NO. The van der Waals surface area contributed by atoms with Crippen LogP contribution in [0.4, 0.5) is 0 Å². The molecule has 18 heavy (non-hydrogen) atoms. The van der Waals surface area contributed by atoms with Gasteiger partial charge in [0.05, 0.1) is 11.0 Å². The second-order valence-electron chi connectivity index (χ2n) is 4.52. The van der Waals surface area contributed by atoms with Gasteiger partial charge in [-0.05, 0) is 30.7 Å². The molecular weight excluding hydrogens is 222 g/mol. The van der Waals surface area contributed by atoms with Crippen molar-refractivity contribution in [2.24, 2.45) is 0 Å².